The molecule has 2 nitrogen and oxygen atoms in total. The molecule has 1 N–H and O–H groups in total. The number of benzene rings is 1. The van der Waals surface area contributed by atoms with Crippen LogP contribution in [0.1, 0.15) is 30.9 Å². The van der Waals surface area contributed by atoms with E-state index in [-0.39, 0.29) is 11.8 Å². The molecule has 0 atom stereocenters. The van der Waals surface area contributed by atoms with Gasteiger partial charge in [0.05, 0.1) is 0 Å². The van der Waals surface area contributed by atoms with E-state index in [1.165, 1.54) is 18.4 Å². The van der Waals surface area contributed by atoms with Gasteiger partial charge in [0.1, 0.15) is 5.88 Å². The lowest BCUT2D eigenvalue weighted by atomic mass is 10.1. The van der Waals surface area contributed by atoms with Crippen molar-refractivity contribution >= 4 is 17.5 Å². The zero-order valence-corrected chi connectivity index (χ0v) is 10.4. The van der Waals surface area contributed by atoms with Gasteiger partial charge in [0, 0.05) is 6.54 Å². The Labute approximate surface area is 102 Å². The Balaban J connectivity index is 2.41. The molecular formula is C13H18ClNO. The first kappa shape index (κ1) is 13.0. The molecule has 0 saturated carbocycles. The van der Waals surface area contributed by atoms with E-state index in [9.17, 15) is 4.79 Å². The molecule has 0 aliphatic carbocycles. The van der Waals surface area contributed by atoms with Crippen LogP contribution in [0.2, 0.25) is 0 Å². The van der Waals surface area contributed by atoms with Gasteiger partial charge in [0.2, 0.25) is 5.91 Å². The highest BCUT2D eigenvalue weighted by Crippen LogP contribution is 2.07. The van der Waals surface area contributed by atoms with Crippen molar-refractivity contribution in [3.05, 3.63) is 35.4 Å². The molecule has 0 spiro atoms. The van der Waals surface area contributed by atoms with Gasteiger partial charge in [-0.2, -0.15) is 0 Å². The van der Waals surface area contributed by atoms with Gasteiger partial charge in [0.15, 0.2) is 0 Å². The minimum Gasteiger partial charge on any atom is -0.351 e. The molecule has 1 amide bonds. The Morgan fingerprint density at radius 1 is 1.25 bits per heavy atom. The highest BCUT2D eigenvalue weighted by Gasteiger charge is 1.98. The van der Waals surface area contributed by atoms with Crippen molar-refractivity contribution in [1.29, 1.82) is 0 Å². The van der Waals surface area contributed by atoms with Crippen molar-refractivity contribution < 1.29 is 4.79 Å². The standard InChI is InChI=1S/C13H18ClNO/c1-2-3-4-11-5-7-12(8-6-11)10-15-13(16)9-14/h5-8H,2-4,9-10H2,1H3,(H,15,16). The zero-order valence-electron chi connectivity index (χ0n) is 9.63. The fourth-order valence-corrected chi connectivity index (χ4v) is 1.55. The van der Waals surface area contributed by atoms with E-state index in [0.29, 0.717) is 6.54 Å². The molecule has 0 heterocycles. The maximum Gasteiger partial charge on any atom is 0.235 e. The van der Waals surface area contributed by atoms with E-state index in [0.717, 1.165) is 12.0 Å². The third-order valence-electron chi connectivity index (χ3n) is 2.45. The summed E-state index contributed by atoms with van der Waals surface area (Å²) in [5, 5.41) is 2.74. The number of carbonyl (C=O) groups is 1. The summed E-state index contributed by atoms with van der Waals surface area (Å²) in [6, 6.07) is 8.36. The van der Waals surface area contributed by atoms with Crippen LogP contribution in [0.3, 0.4) is 0 Å². The zero-order chi connectivity index (χ0) is 11.8. The maximum absolute atomic E-state index is 11.0. The Kier molecular flexibility index (Phi) is 5.94. The van der Waals surface area contributed by atoms with Crippen LogP contribution < -0.4 is 5.32 Å². The number of hydrogen-bond donors (Lipinski definition) is 1. The first-order chi connectivity index (χ1) is 7.76. The molecule has 16 heavy (non-hydrogen) atoms. The summed E-state index contributed by atoms with van der Waals surface area (Å²) < 4.78 is 0. The number of aryl methyl sites for hydroxylation is 1. The van der Waals surface area contributed by atoms with Crippen LogP contribution in [0.25, 0.3) is 0 Å². The minimum absolute atomic E-state index is 0.0224. The molecule has 0 aromatic heterocycles. The van der Waals surface area contributed by atoms with Crippen LogP contribution >= 0.6 is 11.6 Å². The van der Waals surface area contributed by atoms with Crippen molar-refractivity contribution in [1.82, 2.24) is 5.32 Å². The summed E-state index contributed by atoms with van der Waals surface area (Å²) >= 11 is 5.39. The quantitative estimate of drug-likeness (QED) is 0.760. The van der Waals surface area contributed by atoms with Gasteiger partial charge in [-0.1, -0.05) is 37.6 Å². The van der Waals surface area contributed by atoms with E-state index in [4.69, 9.17) is 11.6 Å². The molecule has 88 valence electrons. The average molecular weight is 240 g/mol. The largest absolute Gasteiger partial charge is 0.351 e. The van der Waals surface area contributed by atoms with E-state index >= 15 is 0 Å². The topological polar surface area (TPSA) is 29.1 Å². The summed E-state index contributed by atoms with van der Waals surface area (Å²) in [5.74, 6) is -0.106. The molecule has 0 unspecified atom stereocenters. The fourth-order valence-electron chi connectivity index (χ4n) is 1.45. The van der Waals surface area contributed by atoms with Crippen molar-refractivity contribution in [2.24, 2.45) is 0 Å². The van der Waals surface area contributed by atoms with Gasteiger partial charge < -0.3 is 5.32 Å². The number of unbranched alkanes of at least 4 members (excludes halogenated alkanes) is 1. The number of amides is 1. The van der Waals surface area contributed by atoms with Crippen LogP contribution in [0.15, 0.2) is 24.3 Å². The Bertz CT molecular complexity index is 321. The Morgan fingerprint density at radius 2 is 1.88 bits per heavy atom. The predicted molar refractivity (Wildman–Crippen MR) is 67.6 cm³/mol. The van der Waals surface area contributed by atoms with Crippen LogP contribution in [0.4, 0.5) is 0 Å². The lowest BCUT2D eigenvalue weighted by molar-refractivity contribution is -0.118. The number of halogens is 1. The first-order valence-electron chi connectivity index (χ1n) is 5.66. The molecule has 0 saturated heterocycles. The van der Waals surface area contributed by atoms with Gasteiger partial charge in [-0.3, -0.25) is 4.79 Å². The van der Waals surface area contributed by atoms with Crippen molar-refractivity contribution in [3.63, 3.8) is 0 Å². The number of rotatable bonds is 6. The highest BCUT2D eigenvalue weighted by atomic mass is 35.5. The Morgan fingerprint density at radius 3 is 2.44 bits per heavy atom. The van der Waals surface area contributed by atoms with Gasteiger partial charge >= 0.3 is 0 Å². The summed E-state index contributed by atoms with van der Waals surface area (Å²) in [5.41, 5.74) is 2.47. The van der Waals surface area contributed by atoms with Crippen LogP contribution in [-0.2, 0) is 17.8 Å². The minimum atomic E-state index is -0.128. The van der Waals surface area contributed by atoms with E-state index < -0.39 is 0 Å². The molecule has 0 radical (unpaired) electrons. The van der Waals surface area contributed by atoms with Crippen molar-refractivity contribution in [2.75, 3.05) is 5.88 Å². The molecule has 1 aromatic carbocycles. The van der Waals surface area contributed by atoms with Crippen LogP contribution in [0.5, 0.6) is 0 Å². The molecule has 0 aliphatic heterocycles. The summed E-state index contributed by atoms with van der Waals surface area (Å²) in [6.45, 7) is 2.75. The SMILES string of the molecule is CCCCc1ccc(CNC(=O)CCl)cc1. The second kappa shape index (κ2) is 7.29. The van der Waals surface area contributed by atoms with Crippen molar-refractivity contribution in [2.45, 2.75) is 32.7 Å². The van der Waals surface area contributed by atoms with Crippen LogP contribution in [0, 0.1) is 0 Å². The Hall–Kier alpha value is -1.02. The number of nitrogens with one attached hydrogen (secondary N) is 1. The molecule has 3 heteroatoms. The van der Waals surface area contributed by atoms with E-state index in [2.05, 4.69) is 36.5 Å². The number of hydrogen-bond acceptors (Lipinski definition) is 1. The molecule has 1 rings (SSSR count). The molecule has 0 fully saturated rings. The lowest BCUT2D eigenvalue weighted by Crippen LogP contribution is -2.23. The smallest absolute Gasteiger partial charge is 0.235 e. The third kappa shape index (κ3) is 4.67. The van der Waals surface area contributed by atoms with E-state index in [1.54, 1.807) is 0 Å². The highest BCUT2D eigenvalue weighted by molar-refractivity contribution is 6.27. The van der Waals surface area contributed by atoms with Crippen LogP contribution in [-0.4, -0.2) is 11.8 Å². The molecule has 1 aromatic rings. The maximum atomic E-state index is 11.0. The lowest BCUT2D eigenvalue weighted by Gasteiger charge is -2.05. The normalized spacial score (nSPS) is 10.1. The van der Waals surface area contributed by atoms with Crippen molar-refractivity contribution in [3.8, 4) is 0 Å². The first-order valence-corrected chi connectivity index (χ1v) is 6.20. The monoisotopic (exact) mass is 239 g/mol. The predicted octanol–water partition coefficient (Wildman–Crippen LogP) is 2.88. The second-order valence-corrected chi connectivity index (χ2v) is 4.10. The number of alkyl halides is 1. The van der Waals surface area contributed by atoms with Gasteiger partial charge in [-0.15, -0.1) is 11.6 Å². The molecule has 0 bridgehead atoms. The van der Waals surface area contributed by atoms with Gasteiger partial charge in [0.25, 0.3) is 0 Å². The molecular weight excluding hydrogens is 222 g/mol. The summed E-state index contributed by atoms with van der Waals surface area (Å²) in [7, 11) is 0. The molecule has 0 aliphatic rings. The second-order valence-electron chi connectivity index (χ2n) is 3.83. The summed E-state index contributed by atoms with van der Waals surface area (Å²) in [4.78, 5) is 11.0. The van der Waals surface area contributed by atoms with Gasteiger partial charge in [-0.05, 0) is 24.0 Å². The van der Waals surface area contributed by atoms with E-state index in [1.807, 2.05) is 0 Å². The summed E-state index contributed by atoms with van der Waals surface area (Å²) in [6.07, 6.45) is 3.57. The van der Waals surface area contributed by atoms with Gasteiger partial charge in [-0.25, -0.2) is 0 Å². The third-order valence-corrected chi connectivity index (χ3v) is 2.70. The fraction of sp³-hybridized carbons (Fsp3) is 0.462. The number of carbonyl (C=O) groups excluding carboxylic acids is 1. The average Bonchev–Trinajstić information content (AvgIpc) is 2.34.